The van der Waals surface area contributed by atoms with Crippen LogP contribution in [0.5, 0.6) is 0 Å². The van der Waals surface area contributed by atoms with E-state index in [0.717, 1.165) is 5.56 Å². The summed E-state index contributed by atoms with van der Waals surface area (Å²) in [5.41, 5.74) is 0.824. The predicted molar refractivity (Wildman–Crippen MR) is 49.0 cm³/mol. The van der Waals surface area contributed by atoms with Crippen LogP contribution in [0, 0.1) is 0 Å². The number of nitrogens with one attached hydrogen (secondary N) is 1. The first kappa shape index (κ1) is 9.36. The Hall–Kier alpha value is -0.730. The molecule has 63 valence electrons. The molecule has 0 aliphatic carbocycles. The average Bonchev–Trinajstić information content (AvgIpc) is 2.03. The van der Waals surface area contributed by atoms with Gasteiger partial charge in [0.05, 0.1) is 0 Å². The minimum atomic E-state index is 0.375. The van der Waals surface area contributed by atoms with Gasteiger partial charge in [-0.25, -0.2) is 0 Å². The average molecular weight is 203 g/mol. The van der Waals surface area contributed by atoms with E-state index in [4.69, 9.17) is 23.2 Å². The lowest BCUT2D eigenvalue weighted by Gasteiger charge is -2.01. The highest BCUT2D eigenvalue weighted by Gasteiger charge is 1.99. The molecule has 1 aromatic rings. The van der Waals surface area contributed by atoms with Gasteiger partial charge < -0.3 is 5.32 Å². The summed E-state index contributed by atoms with van der Waals surface area (Å²) in [6, 6.07) is 5.11. The molecule has 0 aromatic heterocycles. The van der Waals surface area contributed by atoms with Gasteiger partial charge in [0.1, 0.15) is 0 Å². The lowest BCUT2D eigenvalue weighted by Crippen LogP contribution is -2.09. The van der Waals surface area contributed by atoms with E-state index in [1.54, 1.807) is 24.6 Å². The van der Waals surface area contributed by atoms with Gasteiger partial charge in [-0.1, -0.05) is 29.3 Å². The van der Waals surface area contributed by atoms with E-state index in [0.29, 0.717) is 16.6 Å². The summed E-state index contributed by atoms with van der Waals surface area (Å²) in [6.45, 7) is 0.375. The fourth-order valence-corrected chi connectivity index (χ4v) is 1.27. The summed E-state index contributed by atoms with van der Waals surface area (Å²) < 4.78 is 0. The zero-order chi connectivity index (χ0) is 8.97. The third-order valence-corrected chi connectivity index (χ3v) is 1.95. The Morgan fingerprint density at radius 3 is 2.75 bits per heavy atom. The zero-order valence-corrected chi connectivity index (χ0v) is 7.62. The van der Waals surface area contributed by atoms with E-state index in [1.165, 1.54) is 0 Å². The summed E-state index contributed by atoms with van der Waals surface area (Å²) in [6.07, 6.45) is 1.57. The van der Waals surface area contributed by atoms with Gasteiger partial charge >= 0.3 is 6.41 Å². The lowest BCUT2D eigenvalue weighted by molar-refractivity contribution is 0.542. The van der Waals surface area contributed by atoms with Crippen LogP contribution in [0.3, 0.4) is 0 Å². The van der Waals surface area contributed by atoms with Crippen LogP contribution in [-0.2, 0) is 11.3 Å². The van der Waals surface area contributed by atoms with Gasteiger partial charge in [-0.05, 0) is 17.7 Å². The first-order valence-electron chi connectivity index (χ1n) is 3.28. The second-order valence-corrected chi connectivity index (χ2v) is 3.03. The Bertz CT molecular complexity index is 288. The Kier molecular flexibility index (Phi) is 3.38. The standard InChI is InChI=1S/C8H6Cl2NO/c9-7-2-1-6(4-11-5-12)8(10)3-7/h1-3H,4H2,(H,11,12). The fraction of sp³-hybridized carbons (Fsp3) is 0.125. The third-order valence-electron chi connectivity index (χ3n) is 1.37. The second kappa shape index (κ2) is 4.33. The van der Waals surface area contributed by atoms with Crippen LogP contribution in [0.2, 0.25) is 10.0 Å². The molecule has 0 spiro atoms. The lowest BCUT2D eigenvalue weighted by atomic mass is 10.2. The Balaban J connectivity index is 2.78. The van der Waals surface area contributed by atoms with E-state index in [2.05, 4.69) is 5.32 Å². The molecule has 2 nitrogen and oxygen atoms in total. The van der Waals surface area contributed by atoms with Crippen molar-refractivity contribution >= 4 is 29.6 Å². The highest BCUT2D eigenvalue weighted by atomic mass is 35.5. The van der Waals surface area contributed by atoms with Crippen LogP contribution in [0.15, 0.2) is 18.2 Å². The van der Waals surface area contributed by atoms with E-state index in [1.807, 2.05) is 0 Å². The monoisotopic (exact) mass is 202 g/mol. The summed E-state index contributed by atoms with van der Waals surface area (Å²) in [4.78, 5) is 9.85. The van der Waals surface area contributed by atoms with Crippen molar-refractivity contribution in [2.45, 2.75) is 6.54 Å². The van der Waals surface area contributed by atoms with Crippen molar-refractivity contribution in [2.75, 3.05) is 0 Å². The van der Waals surface area contributed by atoms with Crippen molar-refractivity contribution in [3.8, 4) is 0 Å². The van der Waals surface area contributed by atoms with Crippen LogP contribution >= 0.6 is 23.2 Å². The molecule has 0 atom stereocenters. The molecule has 0 aliphatic rings. The number of hydrogen-bond acceptors (Lipinski definition) is 1. The van der Waals surface area contributed by atoms with Gasteiger partial charge in [0, 0.05) is 16.6 Å². The molecule has 1 amide bonds. The predicted octanol–water partition coefficient (Wildman–Crippen LogP) is 2.15. The molecular formula is C8H6Cl2NO. The number of halogens is 2. The fourth-order valence-electron chi connectivity index (χ4n) is 0.796. The molecule has 4 heteroatoms. The molecule has 0 fully saturated rings. The highest BCUT2D eigenvalue weighted by molar-refractivity contribution is 6.35. The third kappa shape index (κ3) is 2.40. The van der Waals surface area contributed by atoms with E-state index >= 15 is 0 Å². The minimum Gasteiger partial charge on any atom is -0.344 e. The molecule has 0 saturated carbocycles. The van der Waals surface area contributed by atoms with E-state index < -0.39 is 0 Å². The summed E-state index contributed by atoms with van der Waals surface area (Å²) >= 11 is 11.5. The number of rotatable bonds is 3. The van der Waals surface area contributed by atoms with Gasteiger partial charge in [-0.15, -0.1) is 0 Å². The topological polar surface area (TPSA) is 29.1 Å². The normalized spacial score (nSPS) is 9.50. The smallest absolute Gasteiger partial charge is 0.309 e. The summed E-state index contributed by atoms with van der Waals surface area (Å²) in [7, 11) is 0. The highest BCUT2D eigenvalue weighted by Crippen LogP contribution is 2.20. The number of amides is 1. The van der Waals surface area contributed by atoms with Crippen molar-refractivity contribution in [2.24, 2.45) is 0 Å². The molecule has 1 N–H and O–H groups in total. The van der Waals surface area contributed by atoms with Gasteiger partial charge in [0.25, 0.3) is 0 Å². The Labute approximate surface area is 80.5 Å². The van der Waals surface area contributed by atoms with Crippen molar-refractivity contribution in [1.82, 2.24) is 5.32 Å². The van der Waals surface area contributed by atoms with Crippen LogP contribution in [-0.4, -0.2) is 6.41 Å². The van der Waals surface area contributed by atoms with Crippen molar-refractivity contribution in [3.05, 3.63) is 33.8 Å². The Morgan fingerprint density at radius 1 is 1.42 bits per heavy atom. The largest absolute Gasteiger partial charge is 0.344 e. The second-order valence-electron chi connectivity index (χ2n) is 2.19. The molecule has 12 heavy (non-hydrogen) atoms. The molecule has 0 aliphatic heterocycles. The summed E-state index contributed by atoms with van der Waals surface area (Å²) in [5, 5.41) is 3.52. The first-order valence-corrected chi connectivity index (χ1v) is 4.03. The van der Waals surface area contributed by atoms with Crippen LogP contribution in [0.1, 0.15) is 5.56 Å². The zero-order valence-electron chi connectivity index (χ0n) is 6.10. The molecular weight excluding hydrogens is 197 g/mol. The number of hydrogen-bond donors (Lipinski definition) is 1. The van der Waals surface area contributed by atoms with Crippen LogP contribution < -0.4 is 5.32 Å². The molecule has 0 saturated heterocycles. The van der Waals surface area contributed by atoms with Crippen molar-refractivity contribution < 1.29 is 4.79 Å². The maximum absolute atomic E-state index is 9.85. The molecule has 0 bridgehead atoms. The van der Waals surface area contributed by atoms with Crippen molar-refractivity contribution in [1.29, 1.82) is 0 Å². The first-order chi connectivity index (χ1) is 5.74. The van der Waals surface area contributed by atoms with Gasteiger partial charge in [-0.3, -0.25) is 4.79 Å². The Morgan fingerprint density at radius 2 is 2.17 bits per heavy atom. The maximum atomic E-state index is 9.85. The minimum absolute atomic E-state index is 0.375. The van der Waals surface area contributed by atoms with E-state index in [9.17, 15) is 4.79 Å². The van der Waals surface area contributed by atoms with Gasteiger partial charge in [0.2, 0.25) is 0 Å². The van der Waals surface area contributed by atoms with Crippen LogP contribution in [0.4, 0.5) is 0 Å². The maximum Gasteiger partial charge on any atom is 0.309 e. The summed E-state index contributed by atoms with van der Waals surface area (Å²) in [5.74, 6) is 0. The molecule has 1 aromatic carbocycles. The molecule has 0 unspecified atom stereocenters. The van der Waals surface area contributed by atoms with Crippen molar-refractivity contribution in [3.63, 3.8) is 0 Å². The molecule has 1 rings (SSSR count). The van der Waals surface area contributed by atoms with Crippen LogP contribution in [0.25, 0.3) is 0 Å². The molecule has 1 radical (unpaired) electrons. The van der Waals surface area contributed by atoms with E-state index in [-0.39, 0.29) is 0 Å². The number of benzene rings is 1. The quantitative estimate of drug-likeness (QED) is 0.749. The molecule has 0 heterocycles. The number of carbonyl (C=O) groups excluding carboxylic acids is 1. The van der Waals surface area contributed by atoms with Gasteiger partial charge in [-0.2, -0.15) is 0 Å². The SMILES string of the molecule is O=[C]NCc1ccc(Cl)cc1Cl. The van der Waals surface area contributed by atoms with Gasteiger partial charge in [0.15, 0.2) is 0 Å².